The molecule has 0 aliphatic rings. The molecule has 2 aromatic carbocycles. The molecule has 0 saturated carbocycles. The van der Waals surface area contributed by atoms with Crippen LogP contribution in [0.1, 0.15) is 17.0 Å². The molecule has 0 aromatic heterocycles. The van der Waals surface area contributed by atoms with Gasteiger partial charge in [0.05, 0.1) is 5.92 Å². The number of halogens is 2. The highest BCUT2D eigenvalue weighted by atomic mass is 35.5. The molecule has 3 heteroatoms. The normalized spacial score (nSPS) is 12.1. The van der Waals surface area contributed by atoms with Crippen molar-refractivity contribution in [2.45, 2.75) is 12.3 Å². The molecule has 92 valence electrons. The lowest BCUT2D eigenvalue weighted by Gasteiger charge is -2.14. The SMILES string of the molecule is O=C(Cl)C(Cc1ccccc1)c1ccccc1Cl. The van der Waals surface area contributed by atoms with E-state index < -0.39 is 5.92 Å². The van der Waals surface area contributed by atoms with Gasteiger partial charge in [-0.05, 0) is 35.2 Å². The average Bonchev–Trinajstić information content (AvgIpc) is 2.38. The van der Waals surface area contributed by atoms with Crippen LogP contribution in [0.15, 0.2) is 54.6 Å². The van der Waals surface area contributed by atoms with E-state index in [1.165, 1.54) is 0 Å². The summed E-state index contributed by atoms with van der Waals surface area (Å²) in [6.07, 6.45) is 0.562. The summed E-state index contributed by atoms with van der Waals surface area (Å²) in [5.74, 6) is -0.400. The Balaban J connectivity index is 2.30. The number of benzene rings is 2. The number of carbonyl (C=O) groups excluding carboxylic acids is 1. The van der Waals surface area contributed by atoms with Crippen LogP contribution in [0, 0.1) is 0 Å². The fourth-order valence-electron chi connectivity index (χ4n) is 1.92. The Morgan fingerprint density at radius 3 is 2.22 bits per heavy atom. The minimum atomic E-state index is -0.400. The molecule has 2 rings (SSSR count). The van der Waals surface area contributed by atoms with E-state index in [1.54, 1.807) is 6.07 Å². The number of rotatable bonds is 4. The predicted molar refractivity (Wildman–Crippen MR) is 75.2 cm³/mol. The van der Waals surface area contributed by atoms with E-state index in [0.29, 0.717) is 11.4 Å². The van der Waals surface area contributed by atoms with E-state index in [-0.39, 0.29) is 5.24 Å². The van der Waals surface area contributed by atoms with Gasteiger partial charge in [0, 0.05) is 5.02 Å². The molecule has 18 heavy (non-hydrogen) atoms. The third-order valence-electron chi connectivity index (χ3n) is 2.84. The van der Waals surface area contributed by atoms with Crippen molar-refractivity contribution in [2.24, 2.45) is 0 Å². The highest BCUT2D eigenvalue weighted by Gasteiger charge is 2.21. The van der Waals surface area contributed by atoms with E-state index >= 15 is 0 Å². The summed E-state index contributed by atoms with van der Waals surface area (Å²) in [4.78, 5) is 11.6. The van der Waals surface area contributed by atoms with Crippen LogP contribution in [0.4, 0.5) is 0 Å². The Morgan fingerprint density at radius 2 is 1.61 bits per heavy atom. The van der Waals surface area contributed by atoms with Gasteiger partial charge in [-0.25, -0.2) is 0 Å². The van der Waals surface area contributed by atoms with Crippen molar-refractivity contribution >= 4 is 28.4 Å². The van der Waals surface area contributed by atoms with Gasteiger partial charge in [0.15, 0.2) is 0 Å². The van der Waals surface area contributed by atoms with Crippen LogP contribution in [0.5, 0.6) is 0 Å². The van der Waals surface area contributed by atoms with Crippen LogP contribution >= 0.6 is 23.2 Å². The Bertz CT molecular complexity index is 537. The van der Waals surface area contributed by atoms with Crippen LogP contribution < -0.4 is 0 Å². The van der Waals surface area contributed by atoms with Crippen LogP contribution in [0.2, 0.25) is 5.02 Å². The molecule has 0 heterocycles. The maximum atomic E-state index is 11.6. The van der Waals surface area contributed by atoms with Crippen molar-refractivity contribution in [3.05, 3.63) is 70.7 Å². The second kappa shape index (κ2) is 6.03. The van der Waals surface area contributed by atoms with Gasteiger partial charge in [0.2, 0.25) is 5.24 Å². The van der Waals surface area contributed by atoms with Gasteiger partial charge in [-0.2, -0.15) is 0 Å². The molecule has 1 nitrogen and oxygen atoms in total. The van der Waals surface area contributed by atoms with Crippen molar-refractivity contribution in [1.82, 2.24) is 0 Å². The Labute approximate surface area is 116 Å². The molecule has 0 spiro atoms. The fraction of sp³-hybridized carbons (Fsp3) is 0.133. The first-order valence-electron chi connectivity index (χ1n) is 5.66. The molecular weight excluding hydrogens is 267 g/mol. The molecule has 0 aliphatic heterocycles. The Kier molecular flexibility index (Phi) is 4.40. The Morgan fingerprint density at radius 1 is 1.00 bits per heavy atom. The first-order valence-corrected chi connectivity index (χ1v) is 6.42. The standard InChI is InChI=1S/C15H12Cl2O/c16-14-9-5-4-8-12(14)13(15(17)18)10-11-6-2-1-3-7-11/h1-9,13H,10H2. The predicted octanol–water partition coefficient (Wildman–Crippen LogP) is 4.43. The highest BCUT2D eigenvalue weighted by molar-refractivity contribution is 6.64. The van der Waals surface area contributed by atoms with Crippen molar-refractivity contribution in [1.29, 1.82) is 0 Å². The van der Waals surface area contributed by atoms with Crippen LogP contribution in [-0.4, -0.2) is 5.24 Å². The second-order valence-corrected chi connectivity index (χ2v) is 4.85. The number of hydrogen-bond acceptors (Lipinski definition) is 1. The molecule has 0 N–H and O–H groups in total. The van der Waals surface area contributed by atoms with E-state index in [9.17, 15) is 4.79 Å². The quantitative estimate of drug-likeness (QED) is 0.756. The summed E-state index contributed by atoms with van der Waals surface area (Å²) in [5, 5.41) is 0.194. The minimum Gasteiger partial charge on any atom is -0.281 e. The summed E-state index contributed by atoms with van der Waals surface area (Å²) < 4.78 is 0. The maximum Gasteiger partial charge on any atom is 0.229 e. The fourth-order valence-corrected chi connectivity index (χ4v) is 2.38. The molecule has 2 aromatic rings. The molecular formula is C15H12Cl2O. The summed E-state index contributed by atoms with van der Waals surface area (Å²) in [5.41, 5.74) is 1.85. The van der Waals surface area contributed by atoms with Crippen molar-refractivity contribution in [2.75, 3.05) is 0 Å². The molecule has 0 aliphatic carbocycles. The lowest BCUT2D eigenvalue weighted by molar-refractivity contribution is -0.113. The topological polar surface area (TPSA) is 17.1 Å². The van der Waals surface area contributed by atoms with Gasteiger partial charge in [-0.15, -0.1) is 0 Å². The van der Waals surface area contributed by atoms with E-state index in [1.807, 2.05) is 48.5 Å². The zero-order valence-corrected chi connectivity index (χ0v) is 11.2. The van der Waals surface area contributed by atoms with Gasteiger partial charge in [0.25, 0.3) is 0 Å². The zero-order chi connectivity index (χ0) is 13.0. The van der Waals surface area contributed by atoms with E-state index in [4.69, 9.17) is 23.2 Å². The van der Waals surface area contributed by atoms with Crippen molar-refractivity contribution < 1.29 is 4.79 Å². The molecule has 0 saturated heterocycles. The van der Waals surface area contributed by atoms with Gasteiger partial charge in [0.1, 0.15) is 0 Å². The van der Waals surface area contributed by atoms with E-state index in [2.05, 4.69) is 0 Å². The smallest absolute Gasteiger partial charge is 0.229 e. The summed E-state index contributed by atoms with van der Waals surface area (Å²) in [6.45, 7) is 0. The first-order chi connectivity index (χ1) is 8.68. The number of carbonyl (C=O) groups is 1. The lowest BCUT2D eigenvalue weighted by atomic mass is 9.93. The van der Waals surface area contributed by atoms with E-state index in [0.717, 1.165) is 11.1 Å². The molecule has 0 fully saturated rings. The van der Waals surface area contributed by atoms with Crippen LogP contribution in [-0.2, 0) is 11.2 Å². The van der Waals surface area contributed by atoms with Gasteiger partial charge in [-0.3, -0.25) is 4.79 Å². The third kappa shape index (κ3) is 3.12. The molecule has 0 amide bonds. The highest BCUT2D eigenvalue weighted by Crippen LogP contribution is 2.29. The van der Waals surface area contributed by atoms with Crippen molar-refractivity contribution in [3.63, 3.8) is 0 Å². The van der Waals surface area contributed by atoms with Gasteiger partial charge < -0.3 is 0 Å². The second-order valence-electron chi connectivity index (χ2n) is 4.07. The third-order valence-corrected chi connectivity index (χ3v) is 3.44. The molecule has 0 radical (unpaired) electrons. The largest absolute Gasteiger partial charge is 0.281 e. The maximum absolute atomic E-state index is 11.6. The Hall–Kier alpha value is -1.31. The summed E-state index contributed by atoms with van der Waals surface area (Å²) in [7, 11) is 0. The zero-order valence-electron chi connectivity index (χ0n) is 9.64. The van der Waals surface area contributed by atoms with Crippen LogP contribution in [0.3, 0.4) is 0 Å². The van der Waals surface area contributed by atoms with Gasteiger partial charge in [-0.1, -0.05) is 60.1 Å². The van der Waals surface area contributed by atoms with Gasteiger partial charge >= 0.3 is 0 Å². The monoisotopic (exact) mass is 278 g/mol. The van der Waals surface area contributed by atoms with Crippen molar-refractivity contribution in [3.8, 4) is 0 Å². The average molecular weight is 279 g/mol. The summed E-state index contributed by atoms with van der Waals surface area (Å²) in [6, 6.07) is 17.1. The lowest BCUT2D eigenvalue weighted by Crippen LogP contribution is -2.10. The molecule has 0 bridgehead atoms. The first kappa shape index (κ1) is 13.1. The van der Waals surface area contributed by atoms with Crippen LogP contribution in [0.25, 0.3) is 0 Å². The number of hydrogen-bond donors (Lipinski definition) is 0. The molecule has 1 unspecified atom stereocenters. The summed E-state index contributed by atoms with van der Waals surface area (Å²) >= 11 is 11.8. The minimum absolute atomic E-state index is 0.382. The molecule has 1 atom stereocenters.